The van der Waals surface area contributed by atoms with Gasteiger partial charge in [0.25, 0.3) is 0 Å². The fourth-order valence-corrected chi connectivity index (χ4v) is 3.22. The molecule has 1 aliphatic heterocycles. The van der Waals surface area contributed by atoms with E-state index in [0.29, 0.717) is 0 Å². The quantitative estimate of drug-likeness (QED) is 0.910. The van der Waals surface area contributed by atoms with Crippen LogP contribution in [-0.4, -0.2) is 43.1 Å². The van der Waals surface area contributed by atoms with E-state index in [2.05, 4.69) is 26.2 Å². The summed E-state index contributed by atoms with van der Waals surface area (Å²) in [4.78, 5) is 9.18. The monoisotopic (exact) mass is 292 g/mol. The molecule has 0 bridgehead atoms. The number of piperazine rings is 1. The molecule has 0 aliphatic carbocycles. The van der Waals surface area contributed by atoms with Crippen LogP contribution in [0.3, 0.4) is 0 Å². The molecule has 0 atom stereocenters. The Hall–Kier alpha value is -1.37. The number of furan rings is 1. The molecule has 1 aliphatic rings. The third-order valence-corrected chi connectivity index (χ3v) is 4.47. The highest BCUT2D eigenvalue weighted by atomic mass is 32.1. The van der Waals surface area contributed by atoms with Gasteiger partial charge in [-0.3, -0.25) is 4.90 Å². The van der Waals surface area contributed by atoms with Gasteiger partial charge in [-0.15, -0.1) is 11.3 Å². The lowest BCUT2D eigenvalue weighted by Gasteiger charge is -2.34. The van der Waals surface area contributed by atoms with Crippen molar-refractivity contribution in [1.82, 2.24) is 15.2 Å². The molecule has 0 unspecified atom stereocenters. The van der Waals surface area contributed by atoms with Gasteiger partial charge in [0.1, 0.15) is 5.76 Å². The summed E-state index contributed by atoms with van der Waals surface area (Å²) in [6.45, 7) is 5.95. The number of anilines is 1. The van der Waals surface area contributed by atoms with Crippen LogP contribution in [-0.2, 0) is 13.1 Å². The van der Waals surface area contributed by atoms with Gasteiger partial charge in [0.2, 0.25) is 0 Å². The molecule has 20 heavy (non-hydrogen) atoms. The average Bonchev–Trinajstić information content (AvgIpc) is 3.13. The van der Waals surface area contributed by atoms with Gasteiger partial charge in [-0.2, -0.15) is 0 Å². The summed E-state index contributed by atoms with van der Waals surface area (Å²) in [5.41, 5.74) is 1.26. The molecule has 0 radical (unpaired) electrons. The predicted octanol–water partition coefficient (Wildman–Crippen LogP) is 1.78. The van der Waals surface area contributed by atoms with E-state index in [1.165, 1.54) is 5.56 Å². The molecule has 5 nitrogen and oxygen atoms in total. The summed E-state index contributed by atoms with van der Waals surface area (Å²) in [5, 5.41) is 6.35. The maximum absolute atomic E-state index is 5.61. The first-order valence-electron chi connectivity index (χ1n) is 6.93. The van der Waals surface area contributed by atoms with Crippen molar-refractivity contribution in [3.63, 3.8) is 0 Å². The van der Waals surface area contributed by atoms with Crippen molar-refractivity contribution < 1.29 is 4.42 Å². The summed E-state index contributed by atoms with van der Waals surface area (Å²) in [6, 6.07) is 2.05. The Morgan fingerprint density at radius 2 is 2.20 bits per heavy atom. The Balaban J connectivity index is 1.54. The average molecular weight is 292 g/mol. The zero-order valence-corrected chi connectivity index (χ0v) is 12.5. The maximum Gasteiger partial charge on any atom is 0.185 e. The minimum absolute atomic E-state index is 0.866. The fourth-order valence-electron chi connectivity index (χ4n) is 2.53. The number of hydrogen-bond acceptors (Lipinski definition) is 6. The Morgan fingerprint density at radius 1 is 1.35 bits per heavy atom. The van der Waals surface area contributed by atoms with Crippen molar-refractivity contribution in [3.05, 3.63) is 35.2 Å². The molecule has 1 N–H and O–H groups in total. The van der Waals surface area contributed by atoms with Gasteiger partial charge in [-0.1, -0.05) is 0 Å². The molecular weight excluding hydrogens is 272 g/mol. The zero-order valence-electron chi connectivity index (χ0n) is 11.7. The van der Waals surface area contributed by atoms with Gasteiger partial charge in [0, 0.05) is 49.9 Å². The van der Waals surface area contributed by atoms with Crippen molar-refractivity contribution in [2.24, 2.45) is 0 Å². The molecule has 0 amide bonds. The lowest BCUT2D eigenvalue weighted by molar-refractivity contribution is 0.229. The molecule has 2 aromatic rings. The van der Waals surface area contributed by atoms with Crippen LogP contribution >= 0.6 is 11.3 Å². The van der Waals surface area contributed by atoms with Crippen LogP contribution in [0, 0.1) is 0 Å². The second kappa shape index (κ2) is 6.39. The van der Waals surface area contributed by atoms with Gasteiger partial charge in [-0.25, -0.2) is 4.98 Å². The molecule has 3 heterocycles. The molecular formula is C14H20N4OS. The summed E-state index contributed by atoms with van der Waals surface area (Å²) in [5.74, 6) is 1.09. The summed E-state index contributed by atoms with van der Waals surface area (Å²) >= 11 is 1.71. The van der Waals surface area contributed by atoms with Crippen LogP contribution < -0.4 is 10.2 Å². The SMILES string of the molecule is CNCc1ccoc1CN1CCN(c2nccs2)CC1. The summed E-state index contributed by atoms with van der Waals surface area (Å²) < 4.78 is 5.61. The van der Waals surface area contributed by atoms with Crippen LogP contribution in [0.5, 0.6) is 0 Å². The van der Waals surface area contributed by atoms with Crippen LogP contribution in [0.15, 0.2) is 28.3 Å². The van der Waals surface area contributed by atoms with Gasteiger partial charge in [0.15, 0.2) is 5.13 Å². The molecule has 1 saturated heterocycles. The lowest BCUT2D eigenvalue weighted by Crippen LogP contribution is -2.46. The van der Waals surface area contributed by atoms with Crippen LogP contribution in [0.2, 0.25) is 0 Å². The van der Waals surface area contributed by atoms with E-state index < -0.39 is 0 Å². The zero-order chi connectivity index (χ0) is 13.8. The first-order chi connectivity index (χ1) is 9.86. The van der Waals surface area contributed by atoms with E-state index in [9.17, 15) is 0 Å². The first kappa shape index (κ1) is 13.6. The van der Waals surface area contributed by atoms with Crippen molar-refractivity contribution in [1.29, 1.82) is 0 Å². The second-order valence-corrected chi connectivity index (χ2v) is 5.85. The van der Waals surface area contributed by atoms with Gasteiger partial charge >= 0.3 is 0 Å². The standard InChI is InChI=1S/C14H20N4OS/c1-15-10-12-2-8-19-13(12)11-17-4-6-18(7-5-17)14-16-3-9-20-14/h2-3,8-9,15H,4-7,10-11H2,1H3. The highest BCUT2D eigenvalue weighted by Gasteiger charge is 2.20. The Kier molecular flexibility index (Phi) is 4.34. The molecule has 2 aromatic heterocycles. The van der Waals surface area contributed by atoms with E-state index in [1.807, 2.05) is 18.6 Å². The molecule has 6 heteroatoms. The van der Waals surface area contributed by atoms with Gasteiger partial charge in [0.05, 0.1) is 12.8 Å². The Morgan fingerprint density at radius 3 is 2.90 bits per heavy atom. The highest BCUT2D eigenvalue weighted by Crippen LogP contribution is 2.20. The van der Waals surface area contributed by atoms with E-state index in [0.717, 1.165) is 50.2 Å². The lowest BCUT2D eigenvalue weighted by atomic mass is 10.2. The number of nitrogens with zero attached hydrogens (tertiary/aromatic N) is 3. The minimum Gasteiger partial charge on any atom is -0.468 e. The number of nitrogens with one attached hydrogen (secondary N) is 1. The van der Waals surface area contributed by atoms with E-state index >= 15 is 0 Å². The number of hydrogen-bond donors (Lipinski definition) is 1. The van der Waals surface area contributed by atoms with Crippen molar-refractivity contribution in [2.45, 2.75) is 13.1 Å². The summed E-state index contributed by atoms with van der Waals surface area (Å²) in [6.07, 6.45) is 3.66. The van der Waals surface area contributed by atoms with E-state index in [4.69, 9.17) is 4.42 Å². The number of aromatic nitrogens is 1. The molecule has 0 spiro atoms. The molecule has 0 aromatic carbocycles. The van der Waals surface area contributed by atoms with Crippen molar-refractivity contribution in [3.8, 4) is 0 Å². The van der Waals surface area contributed by atoms with Crippen LogP contribution in [0.25, 0.3) is 0 Å². The third-order valence-electron chi connectivity index (χ3n) is 3.63. The van der Waals surface area contributed by atoms with E-state index in [-0.39, 0.29) is 0 Å². The molecule has 1 fully saturated rings. The van der Waals surface area contributed by atoms with Crippen LogP contribution in [0.1, 0.15) is 11.3 Å². The van der Waals surface area contributed by atoms with E-state index in [1.54, 1.807) is 17.6 Å². The van der Waals surface area contributed by atoms with Gasteiger partial charge in [-0.05, 0) is 13.1 Å². The topological polar surface area (TPSA) is 44.5 Å². The Labute approximate surface area is 123 Å². The third kappa shape index (κ3) is 3.03. The normalized spacial score (nSPS) is 16.8. The maximum atomic E-state index is 5.61. The highest BCUT2D eigenvalue weighted by molar-refractivity contribution is 7.13. The summed E-state index contributed by atoms with van der Waals surface area (Å²) in [7, 11) is 1.96. The fraction of sp³-hybridized carbons (Fsp3) is 0.500. The van der Waals surface area contributed by atoms with Crippen LogP contribution in [0.4, 0.5) is 5.13 Å². The first-order valence-corrected chi connectivity index (χ1v) is 7.81. The molecule has 0 saturated carbocycles. The second-order valence-electron chi connectivity index (χ2n) is 4.98. The van der Waals surface area contributed by atoms with Crippen molar-refractivity contribution in [2.75, 3.05) is 38.1 Å². The minimum atomic E-state index is 0.866. The number of thiazole rings is 1. The molecule has 108 valence electrons. The predicted molar refractivity (Wildman–Crippen MR) is 81.1 cm³/mol. The smallest absolute Gasteiger partial charge is 0.185 e. The van der Waals surface area contributed by atoms with Crippen molar-refractivity contribution >= 4 is 16.5 Å². The molecule has 3 rings (SSSR count). The largest absolute Gasteiger partial charge is 0.468 e. The Bertz CT molecular complexity index is 517. The number of rotatable bonds is 5. The van der Waals surface area contributed by atoms with Gasteiger partial charge < -0.3 is 14.6 Å².